The van der Waals surface area contributed by atoms with E-state index in [-0.39, 0.29) is 11.8 Å². The number of hydrogen-bond donors (Lipinski definition) is 0. The minimum absolute atomic E-state index is 0.0731. The Hall–Kier alpha value is -2.88. The smallest absolute Gasteiger partial charge is 0.254 e. The number of para-hydroxylation sites is 1. The van der Waals surface area contributed by atoms with Gasteiger partial charge in [-0.05, 0) is 47.7 Å². The second-order valence-electron chi connectivity index (χ2n) is 7.38. The van der Waals surface area contributed by atoms with Gasteiger partial charge in [-0.1, -0.05) is 38.1 Å². The van der Waals surface area contributed by atoms with E-state index in [0.717, 1.165) is 46.4 Å². The molecular weight excluding hydrogens is 336 g/mol. The maximum atomic E-state index is 13.4. The number of carbonyl (C=O) groups excluding carboxylic acids is 1. The molecule has 1 aromatic heterocycles. The molecule has 0 aliphatic carbocycles. The van der Waals surface area contributed by atoms with Gasteiger partial charge in [-0.15, -0.1) is 0 Å². The van der Waals surface area contributed by atoms with Crippen molar-refractivity contribution in [2.75, 3.05) is 13.7 Å². The lowest BCUT2D eigenvalue weighted by Gasteiger charge is -2.29. The number of ether oxygens (including phenoxy) is 1. The predicted molar refractivity (Wildman–Crippen MR) is 107 cm³/mol. The van der Waals surface area contributed by atoms with Gasteiger partial charge >= 0.3 is 0 Å². The van der Waals surface area contributed by atoms with Crippen LogP contribution in [0.4, 0.5) is 0 Å². The molecule has 3 aromatic rings. The Labute approximate surface area is 159 Å². The van der Waals surface area contributed by atoms with Crippen LogP contribution < -0.4 is 4.74 Å². The fourth-order valence-corrected chi connectivity index (χ4v) is 3.67. The van der Waals surface area contributed by atoms with Crippen LogP contribution in [-0.4, -0.2) is 29.4 Å². The average molecular weight is 360 g/mol. The van der Waals surface area contributed by atoms with E-state index in [0.29, 0.717) is 6.54 Å². The lowest BCUT2D eigenvalue weighted by Crippen LogP contribution is -2.36. The molecule has 27 heavy (non-hydrogen) atoms. The maximum Gasteiger partial charge on any atom is 0.254 e. The first kappa shape index (κ1) is 17.5. The van der Waals surface area contributed by atoms with E-state index in [1.807, 2.05) is 47.4 Å². The van der Waals surface area contributed by atoms with Crippen molar-refractivity contribution in [1.29, 1.82) is 0 Å². The van der Waals surface area contributed by atoms with Gasteiger partial charge < -0.3 is 9.64 Å². The molecule has 0 N–H and O–H groups in total. The Morgan fingerprint density at radius 1 is 1.11 bits per heavy atom. The molecule has 2 heterocycles. The minimum atomic E-state index is 0.0731. The molecular formula is C23H24N2O2. The summed E-state index contributed by atoms with van der Waals surface area (Å²) in [5.74, 6) is 1.18. The van der Waals surface area contributed by atoms with Crippen LogP contribution in [0.3, 0.4) is 0 Å². The fraction of sp³-hybridized carbons (Fsp3) is 0.304. The van der Waals surface area contributed by atoms with Crippen molar-refractivity contribution in [2.24, 2.45) is 0 Å². The van der Waals surface area contributed by atoms with Gasteiger partial charge in [0.2, 0.25) is 0 Å². The average Bonchev–Trinajstić information content (AvgIpc) is 2.71. The molecule has 1 aliphatic heterocycles. The monoisotopic (exact) mass is 360 g/mol. The number of pyridine rings is 1. The standard InChI is InChI=1S/C23H24N2O2/c1-15(2)22-13-20(19-6-4-5-7-21(19)24-22)23(26)25-11-10-16-8-9-18(27-3)12-17(16)14-25/h4-9,12-13,15H,10-11,14H2,1-3H3. The van der Waals surface area contributed by atoms with Gasteiger partial charge in [-0.3, -0.25) is 9.78 Å². The third-order valence-electron chi connectivity index (χ3n) is 5.27. The molecule has 0 unspecified atom stereocenters. The Balaban J connectivity index is 1.72. The Morgan fingerprint density at radius 2 is 1.93 bits per heavy atom. The third kappa shape index (κ3) is 3.27. The second-order valence-corrected chi connectivity index (χ2v) is 7.38. The van der Waals surface area contributed by atoms with Crippen LogP contribution in [-0.2, 0) is 13.0 Å². The number of methoxy groups -OCH3 is 1. The normalized spacial score (nSPS) is 13.7. The number of aromatic nitrogens is 1. The topological polar surface area (TPSA) is 42.4 Å². The summed E-state index contributed by atoms with van der Waals surface area (Å²) in [6, 6.07) is 16.0. The lowest BCUT2D eigenvalue weighted by atomic mass is 9.97. The first-order chi connectivity index (χ1) is 13.1. The molecule has 0 atom stereocenters. The van der Waals surface area contributed by atoms with Crippen molar-refractivity contribution in [3.05, 3.63) is 70.9 Å². The van der Waals surface area contributed by atoms with Gasteiger partial charge in [0.25, 0.3) is 5.91 Å². The predicted octanol–water partition coefficient (Wildman–Crippen LogP) is 4.57. The summed E-state index contributed by atoms with van der Waals surface area (Å²) >= 11 is 0. The second kappa shape index (κ2) is 7.03. The van der Waals surface area contributed by atoms with Crippen molar-refractivity contribution < 1.29 is 9.53 Å². The first-order valence-corrected chi connectivity index (χ1v) is 9.41. The quantitative estimate of drug-likeness (QED) is 0.687. The highest BCUT2D eigenvalue weighted by Crippen LogP contribution is 2.28. The molecule has 0 radical (unpaired) electrons. The number of nitrogens with zero attached hydrogens (tertiary/aromatic N) is 2. The lowest BCUT2D eigenvalue weighted by molar-refractivity contribution is 0.0736. The number of carbonyl (C=O) groups is 1. The summed E-state index contributed by atoms with van der Waals surface area (Å²) in [7, 11) is 1.67. The van der Waals surface area contributed by atoms with Crippen LogP contribution in [0.15, 0.2) is 48.5 Å². The molecule has 4 nitrogen and oxygen atoms in total. The fourth-order valence-electron chi connectivity index (χ4n) is 3.67. The highest BCUT2D eigenvalue weighted by atomic mass is 16.5. The number of hydrogen-bond acceptors (Lipinski definition) is 3. The molecule has 2 aromatic carbocycles. The summed E-state index contributed by atoms with van der Waals surface area (Å²) in [6.45, 7) is 5.55. The van der Waals surface area contributed by atoms with E-state index < -0.39 is 0 Å². The molecule has 138 valence electrons. The van der Waals surface area contributed by atoms with Crippen LogP contribution in [0.25, 0.3) is 10.9 Å². The Kier molecular flexibility index (Phi) is 4.56. The molecule has 0 spiro atoms. The Bertz CT molecular complexity index is 1010. The van der Waals surface area contributed by atoms with Crippen LogP contribution >= 0.6 is 0 Å². The van der Waals surface area contributed by atoms with E-state index in [1.54, 1.807) is 7.11 Å². The molecule has 4 rings (SSSR count). The van der Waals surface area contributed by atoms with Crippen LogP contribution in [0.5, 0.6) is 5.75 Å². The SMILES string of the molecule is COc1ccc2c(c1)CN(C(=O)c1cc(C(C)C)nc3ccccc13)CC2. The van der Waals surface area contributed by atoms with E-state index >= 15 is 0 Å². The van der Waals surface area contributed by atoms with Crippen molar-refractivity contribution in [3.63, 3.8) is 0 Å². The van der Waals surface area contributed by atoms with Crippen LogP contribution in [0.2, 0.25) is 0 Å². The summed E-state index contributed by atoms with van der Waals surface area (Å²) in [4.78, 5) is 20.1. The van der Waals surface area contributed by atoms with E-state index in [1.165, 1.54) is 5.56 Å². The van der Waals surface area contributed by atoms with Crippen LogP contribution in [0, 0.1) is 0 Å². The van der Waals surface area contributed by atoms with Gasteiger partial charge in [-0.2, -0.15) is 0 Å². The minimum Gasteiger partial charge on any atom is -0.497 e. The third-order valence-corrected chi connectivity index (χ3v) is 5.27. The maximum absolute atomic E-state index is 13.4. The molecule has 4 heteroatoms. The zero-order valence-electron chi connectivity index (χ0n) is 16.0. The zero-order valence-corrected chi connectivity index (χ0v) is 16.0. The number of amides is 1. The van der Waals surface area contributed by atoms with Gasteiger partial charge in [0, 0.05) is 24.2 Å². The summed E-state index contributed by atoms with van der Waals surface area (Å²) < 4.78 is 5.35. The number of fused-ring (bicyclic) bond motifs is 2. The van der Waals surface area contributed by atoms with Crippen molar-refractivity contribution in [3.8, 4) is 5.75 Å². The largest absolute Gasteiger partial charge is 0.497 e. The highest BCUT2D eigenvalue weighted by Gasteiger charge is 2.24. The van der Waals surface area contributed by atoms with Gasteiger partial charge in [-0.25, -0.2) is 0 Å². The van der Waals surface area contributed by atoms with E-state index in [9.17, 15) is 4.79 Å². The Morgan fingerprint density at radius 3 is 2.70 bits per heavy atom. The molecule has 0 saturated heterocycles. The summed E-state index contributed by atoms with van der Waals surface area (Å²) in [5, 5.41) is 0.920. The van der Waals surface area contributed by atoms with Gasteiger partial charge in [0.05, 0.1) is 18.2 Å². The molecule has 0 fully saturated rings. The van der Waals surface area contributed by atoms with Gasteiger partial charge in [0.1, 0.15) is 5.75 Å². The van der Waals surface area contributed by atoms with Gasteiger partial charge in [0.15, 0.2) is 0 Å². The van der Waals surface area contributed by atoms with Crippen molar-refractivity contribution >= 4 is 16.8 Å². The molecule has 1 amide bonds. The number of rotatable bonds is 3. The van der Waals surface area contributed by atoms with Crippen molar-refractivity contribution in [1.82, 2.24) is 9.88 Å². The van der Waals surface area contributed by atoms with Crippen molar-refractivity contribution in [2.45, 2.75) is 32.7 Å². The zero-order chi connectivity index (χ0) is 19.0. The summed E-state index contributed by atoms with van der Waals surface area (Å²) in [6.07, 6.45) is 0.866. The summed E-state index contributed by atoms with van der Waals surface area (Å²) in [5.41, 5.74) is 5.04. The number of benzene rings is 2. The van der Waals surface area contributed by atoms with E-state index in [4.69, 9.17) is 9.72 Å². The molecule has 0 bridgehead atoms. The molecule has 0 saturated carbocycles. The van der Waals surface area contributed by atoms with Crippen LogP contribution in [0.1, 0.15) is 46.9 Å². The first-order valence-electron chi connectivity index (χ1n) is 9.41. The molecule has 1 aliphatic rings. The highest BCUT2D eigenvalue weighted by molar-refractivity contribution is 6.06. The van der Waals surface area contributed by atoms with E-state index in [2.05, 4.69) is 19.9 Å².